The van der Waals surface area contributed by atoms with Crippen molar-refractivity contribution >= 4 is 0 Å². The van der Waals surface area contributed by atoms with E-state index in [1.165, 1.54) is 11.1 Å². The fraction of sp³-hybridized carbons (Fsp3) is 0.286. The molecule has 0 bridgehead atoms. The number of hydrogen-bond acceptors (Lipinski definition) is 3. The van der Waals surface area contributed by atoms with Gasteiger partial charge in [0.1, 0.15) is 0 Å². The smallest absolute Gasteiger partial charge is 0.316 e. The first-order valence-corrected chi connectivity index (χ1v) is 5.57. The Bertz CT molecular complexity index is 550. The molecular weight excluding hydrogens is 212 g/mol. The molecule has 17 heavy (non-hydrogen) atoms. The standard InChI is InChI=1S/C14H16N2O/c1-9-5-6-10(2)12(7-9)13-8-11(3)15-14(16-13)17-4/h5-8H,1-4H3. The Kier molecular flexibility index (Phi) is 3.09. The van der Waals surface area contributed by atoms with Gasteiger partial charge in [-0.2, -0.15) is 4.98 Å². The van der Waals surface area contributed by atoms with E-state index >= 15 is 0 Å². The lowest BCUT2D eigenvalue weighted by atomic mass is 10.0. The fourth-order valence-electron chi connectivity index (χ4n) is 1.78. The Hall–Kier alpha value is -1.90. The number of methoxy groups -OCH3 is 1. The second-order valence-corrected chi connectivity index (χ2v) is 4.20. The second kappa shape index (κ2) is 4.53. The summed E-state index contributed by atoms with van der Waals surface area (Å²) < 4.78 is 5.11. The van der Waals surface area contributed by atoms with E-state index in [-0.39, 0.29) is 0 Å². The monoisotopic (exact) mass is 228 g/mol. The van der Waals surface area contributed by atoms with E-state index in [0.29, 0.717) is 6.01 Å². The number of benzene rings is 1. The number of rotatable bonds is 2. The van der Waals surface area contributed by atoms with Crippen LogP contribution in [0, 0.1) is 20.8 Å². The molecular formula is C14H16N2O. The van der Waals surface area contributed by atoms with Crippen LogP contribution in [0.25, 0.3) is 11.3 Å². The van der Waals surface area contributed by atoms with E-state index in [9.17, 15) is 0 Å². The molecule has 0 aliphatic rings. The molecule has 0 saturated heterocycles. The van der Waals surface area contributed by atoms with Gasteiger partial charge in [-0.1, -0.05) is 17.7 Å². The predicted molar refractivity (Wildman–Crippen MR) is 68.2 cm³/mol. The molecule has 0 fully saturated rings. The van der Waals surface area contributed by atoms with Crippen LogP contribution in [0.3, 0.4) is 0 Å². The van der Waals surface area contributed by atoms with Crippen molar-refractivity contribution in [2.75, 3.05) is 7.11 Å². The predicted octanol–water partition coefficient (Wildman–Crippen LogP) is 3.08. The van der Waals surface area contributed by atoms with Crippen molar-refractivity contribution in [2.24, 2.45) is 0 Å². The molecule has 2 aromatic rings. The van der Waals surface area contributed by atoms with Gasteiger partial charge in [0.05, 0.1) is 12.8 Å². The normalized spacial score (nSPS) is 10.4. The van der Waals surface area contributed by atoms with E-state index in [1.54, 1.807) is 7.11 Å². The lowest BCUT2D eigenvalue weighted by Gasteiger charge is -2.08. The Morgan fingerprint density at radius 1 is 1.00 bits per heavy atom. The summed E-state index contributed by atoms with van der Waals surface area (Å²) in [6, 6.07) is 8.74. The minimum absolute atomic E-state index is 0.418. The molecule has 3 nitrogen and oxygen atoms in total. The molecule has 0 atom stereocenters. The van der Waals surface area contributed by atoms with Crippen LogP contribution in [0.4, 0.5) is 0 Å². The topological polar surface area (TPSA) is 35.0 Å². The molecule has 0 radical (unpaired) electrons. The molecule has 0 N–H and O–H groups in total. The van der Waals surface area contributed by atoms with E-state index < -0.39 is 0 Å². The van der Waals surface area contributed by atoms with Gasteiger partial charge in [0.25, 0.3) is 0 Å². The Labute approximate surface area is 102 Å². The maximum Gasteiger partial charge on any atom is 0.316 e. The zero-order chi connectivity index (χ0) is 12.4. The largest absolute Gasteiger partial charge is 0.467 e. The first kappa shape index (κ1) is 11.6. The highest BCUT2D eigenvalue weighted by Crippen LogP contribution is 2.24. The maximum absolute atomic E-state index is 5.11. The first-order valence-electron chi connectivity index (χ1n) is 5.57. The summed E-state index contributed by atoms with van der Waals surface area (Å²) in [4.78, 5) is 8.59. The molecule has 0 amide bonds. The van der Waals surface area contributed by atoms with Crippen molar-refractivity contribution < 1.29 is 4.74 Å². The molecule has 0 spiro atoms. The lowest BCUT2D eigenvalue weighted by molar-refractivity contribution is 0.379. The van der Waals surface area contributed by atoms with Gasteiger partial charge in [-0.25, -0.2) is 4.98 Å². The van der Waals surface area contributed by atoms with Gasteiger partial charge >= 0.3 is 6.01 Å². The molecule has 1 heterocycles. The van der Waals surface area contributed by atoms with E-state index in [1.807, 2.05) is 13.0 Å². The first-order chi connectivity index (χ1) is 8.10. The van der Waals surface area contributed by atoms with Gasteiger partial charge in [-0.3, -0.25) is 0 Å². The van der Waals surface area contributed by atoms with Crippen LogP contribution >= 0.6 is 0 Å². The Morgan fingerprint density at radius 3 is 2.47 bits per heavy atom. The average Bonchev–Trinajstić information content (AvgIpc) is 2.31. The minimum atomic E-state index is 0.418. The minimum Gasteiger partial charge on any atom is -0.467 e. The van der Waals surface area contributed by atoms with Gasteiger partial charge in [-0.05, 0) is 38.5 Å². The summed E-state index contributed by atoms with van der Waals surface area (Å²) in [5, 5.41) is 0. The van der Waals surface area contributed by atoms with Gasteiger partial charge < -0.3 is 4.74 Å². The van der Waals surface area contributed by atoms with Crippen LogP contribution in [0.2, 0.25) is 0 Å². The van der Waals surface area contributed by atoms with Crippen LogP contribution in [-0.4, -0.2) is 17.1 Å². The van der Waals surface area contributed by atoms with Crippen molar-refractivity contribution in [3.63, 3.8) is 0 Å². The molecule has 0 aliphatic carbocycles. The third kappa shape index (κ3) is 2.44. The van der Waals surface area contributed by atoms with Gasteiger partial charge in [0.15, 0.2) is 0 Å². The summed E-state index contributed by atoms with van der Waals surface area (Å²) >= 11 is 0. The molecule has 1 aromatic heterocycles. The number of aromatic nitrogens is 2. The van der Waals surface area contributed by atoms with Crippen LogP contribution in [0.1, 0.15) is 16.8 Å². The molecule has 3 heteroatoms. The van der Waals surface area contributed by atoms with E-state index in [2.05, 4.69) is 42.0 Å². The van der Waals surface area contributed by atoms with Crippen molar-refractivity contribution in [3.05, 3.63) is 41.1 Å². The highest BCUT2D eigenvalue weighted by atomic mass is 16.5. The van der Waals surface area contributed by atoms with Crippen LogP contribution in [-0.2, 0) is 0 Å². The van der Waals surface area contributed by atoms with E-state index in [0.717, 1.165) is 17.0 Å². The Balaban J connectivity index is 2.59. The van der Waals surface area contributed by atoms with Crippen molar-refractivity contribution in [2.45, 2.75) is 20.8 Å². The number of nitrogens with zero attached hydrogens (tertiary/aromatic N) is 2. The van der Waals surface area contributed by atoms with E-state index in [4.69, 9.17) is 4.74 Å². The van der Waals surface area contributed by atoms with Crippen molar-refractivity contribution in [1.29, 1.82) is 0 Å². The van der Waals surface area contributed by atoms with Crippen LogP contribution in [0.15, 0.2) is 24.3 Å². The third-order valence-electron chi connectivity index (χ3n) is 2.69. The van der Waals surface area contributed by atoms with Gasteiger partial charge in [0, 0.05) is 11.3 Å². The molecule has 1 aromatic carbocycles. The van der Waals surface area contributed by atoms with Gasteiger partial charge in [-0.15, -0.1) is 0 Å². The van der Waals surface area contributed by atoms with Crippen LogP contribution in [0.5, 0.6) is 6.01 Å². The lowest BCUT2D eigenvalue weighted by Crippen LogP contribution is -1.97. The summed E-state index contributed by atoms with van der Waals surface area (Å²) in [6.45, 7) is 6.10. The molecule has 0 saturated carbocycles. The summed E-state index contributed by atoms with van der Waals surface area (Å²) in [7, 11) is 1.58. The third-order valence-corrected chi connectivity index (χ3v) is 2.69. The summed E-state index contributed by atoms with van der Waals surface area (Å²) in [5.74, 6) is 0. The fourth-order valence-corrected chi connectivity index (χ4v) is 1.78. The van der Waals surface area contributed by atoms with Gasteiger partial charge in [0.2, 0.25) is 0 Å². The molecule has 88 valence electrons. The SMILES string of the molecule is COc1nc(C)cc(-c2cc(C)ccc2C)n1. The highest BCUT2D eigenvalue weighted by molar-refractivity contribution is 5.64. The van der Waals surface area contributed by atoms with Crippen LogP contribution < -0.4 is 4.74 Å². The Morgan fingerprint density at radius 2 is 1.76 bits per heavy atom. The average molecular weight is 228 g/mol. The number of hydrogen-bond donors (Lipinski definition) is 0. The summed E-state index contributed by atoms with van der Waals surface area (Å²) in [6.07, 6.45) is 0. The van der Waals surface area contributed by atoms with Crippen molar-refractivity contribution in [1.82, 2.24) is 9.97 Å². The number of aryl methyl sites for hydroxylation is 3. The molecule has 0 unspecified atom stereocenters. The molecule has 0 aliphatic heterocycles. The zero-order valence-electron chi connectivity index (χ0n) is 10.6. The number of ether oxygens (including phenoxy) is 1. The quantitative estimate of drug-likeness (QED) is 0.792. The second-order valence-electron chi connectivity index (χ2n) is 4.20. The highest BCUT2D eigenvalue weighted by Gasteiger charge is 2.07. The molecule has 2 rings (SSSR count). The summed E-state index contributed by atoms with van der Waals surface area (Å²) in [5.41, 5.74) is 5.38. The zero-order valence-corrected chi connectivity index (χ0v) is 10.6. The van der Waals surface area contributed by atoms with Crippen molar-refractivity contribution in [3.8, 4) is 17.3 Å². The maximum atomic E-state index is 5.11.